The van der Waals surface area contributed by atoms with E-state index in [0.717, 1.165) is 12.8 Å². The summed E-state index contributed by atoms with van der Waals surface area (Å²) in [6, 6.07) is 8.69. The van der Waals surface area contributed by atoms with Crippen LogP contribution in [-0.2, 0) is 14.3 Å². The van der Waals surface area contributed by atoms with E-state index in [9.17, 15) is 9.59 Å². The van der Waals surface area contributed by atoms with Crippen LogP contribution in [0.1, 0.15) is 18.4 Å². The van der Waals surface area contributed by atoms with Gasteiger partial charge in [0.05, 0.1) is 30.8 Å². The van der Waals surface area contributed by atoms with Crippen molar-refractivity contribution in [2.75, 3.05) is 46.0 Å². The summed E-state index contributed by atoms with van der Waals surface area (Å²) in [5.74, 6) is 0.420. The van der Waals surface area contributed by atoms with E-state index < -0.39 is 0 Å². The number of likely N-dealkylation sites (tertiary alicyclic amines) is 1. The van der Waals surface area contributed by atoms with Crippen LogP contribution in [0.3, 0.4) is 0 Å². The lowest BCUT2D eigenvalue weighted by atomic mass is 9.96. The number of carbonyl (C=O) groups excluding carboxylic acids is 2. The summed E-state index contributed by atoms with van der Waals surface area (Å²) >= 11 is 0. The molecule has 0 N–H and O–H groups in total. The van der Waals surface area contributed by atoms with Gasteiger partial charge in [0.25, 0.3) is 5.91 Å². The van der Waals surface area contributed by atoms with Crippen molar-refractivity contribution < 1.29 is 19.1 Å². The van der Waals surface area contributed by atoms with Crippen molar-refractivity contribution in [3.63, 3.8) is 0 Å². The molecule has 0 radical (unpaired) electrons. The van der Waals surface area contributed by atoms with Crippen LogP contribution in [0.25, 0.3) is 0 Å². The Kier molecular flexibility index (Phi) is 6.08. The molecule has 2 saturated heterocycles. The third kappa shape index (κ3) is 4.52. The second-order valence-corrected chi connectivity index (χ2v) is 6.54. The molecule has 7 nitrogen and oxygen atoms in total. The molecule has 0 unspecified atom stereocenters. The maximum atomic E-state index is 12.6. The minimum atomic E-state index is -0.138. The molecule has 2 amide bonds. The highest BCUT2D eigenvalue weighted by Crippen LogP contribution is 2.20. The lowest BCUT2D eigenvalue weighted by molar-refractivity contribution is -0.144. The Balaban J connectivity index is 1.50. The number of carbonyl (C=O) groups is 2. The molecule has 2 heterocycles. The van der Waals surface area contributed by atoms with E-state index >= 15 is 0 Å². The second-order valence-electron chi connectivity index (χ2n) is 6.54. The SMILES string of the molecule is N#Cc1ccc(OCC(=O)N2CCC[C@@H](C(=O)N3CCOCC3)C2)cc1. The van der Waals surface area contributed by atoms with Crippen LogP contribution in [-0.4, -0.2) is 67.6 Å². The summed E-state index contributed by atoms with van der Waals surface area (Å²) in [6.45, 7) is 3.47. The molecular weight excluding hydrogens is 334 g/mol. The van der Waals surface area contributed by atoms with Gasteiger partial charge in [-0.15, -0.1) is 0 Å². The Morgan fingerprint density at radius 2 is 1.88 bits per heavy atom. The van der Waals surface area contributed by atoms with Crippen LogP contribution in [0, 0.1) is 17.2 Å². The summed E-state index contributed by atoms with van der Waals surface area (Å²) in [7, 11) is 0. The molecule has 1 aromatic rings. The predicted molar refractivity (Wildman–Crippen MR) is 93.4 cm³/mol. The number of hydrogen-bond acceptors (Lipinski definition) is 5. The summed E-state index contributed by atoms with van der Waals surface area (Å²) in [5.41, 5.74) is 0.546. The third-order valence-electron chi connectivity index (χ3n) is 4.79. The molecule has 2 aliphatic heterocycles. The minimum Gasteiger partial charge on any atom is -0.484 e. The highest BCUT2D eigenvalue weighted by atomic mass is 16.5. The van der Waals surface area contributed by atoms with E-state index in [1.807, 2.05) is 11.0 Å². The van der Waals surface area contributed by atoms with Crippen molar-refractivity contribution in [1.82, 2.24) is 9.80 Å². The van der Waals surface area contributed by atoms with Crippen molar-refractivity contribution in [2.45, 2.75) is 12.8 Å². The van der Waals surface area contributed by atoms with E-state index in [4.69, 9.17) is 14.7 Å². The number of nitrogens with zero attached hydrogens (tertiary/aromatic N) is 3. The third-order valence-corrected chi connectivity index (χ3v) is 4.79. The van der Waals surface area contributed by atoms with Gasteiger partial charge in [-0.3, -0.25) is 9.59 Å². The van der Waals surface area contributed by atoms with Gasteiger partial charge in [-0.25, -0.2) is 0 Å². The first-order valence-corrected chi connectivity index (χ1v) is 8.94. The number of benzene rings is 1. The molecule has 0 saturated carbocycles. The Hall–Kier alpha value is -2.59. The number of piperidine rings is 1. The highest BCUT2D eigenvalue weighted by molar-refractivity contribution is 5.82. The van der Waals surface area contributed by atoms with Gasteiger partial charge in [0.15, 0.2) is 6.61 Å². The van der Waals surface area contributed by atoms with Crippen molar-refractivity contribution in [3.05, 3.63) is 29.8 Å². The lowest BCUT2D eigenvalue weighted by Gasteiger charge is -2.36. The van der Waals surface area contributed by atoms with Crippen molar-refractivity contribution in [3.8, 4) is 11.8 Å². The zero-order valence-electron chi connectivity index (χ0n) is 14.7. The number of ether oxygens (including phenoxy) is 2. The number of nitriles is 1. The molecule has 0 bridgehead atoms. The molecule has 0 aromatic heterocycles. The first-order valence-electron chi connectivity index (χ1n) is 8.94. The normalized spacial score (nSPS) is 20.3. The maximum Gasteiger partial charge on any atom is 0.260 e. The van der Waals surface area contributed by atoms with Gasteiger partial charge in [0.1, 0.15) is 5.75 Å². The maximum absolute atomic E-state index is 12.6. The lowest BCUT2D eigenvalue weighted by Crippen LogP contribution is -2.50. The van der Waals surface area contributed by atoms with Crippen LogP contribution >= 0.6 is 0 Å². The monoisotopic (exact) mass is 357 g/mol. The summed E-state index contributed by atoms with van der Waals surface area (Å²) in [6.07, 6.45) is 1.64. The average molecular weight is 357 g/mol. The van der Waals surface area contributed by atoms with Crippen LogP contribution in [0.2, 0.25) is 0 Å². The van der Waals surface area contributed by atoms with Crippen LogP contribution < -0.4 is 4.74 Å². The standard InChI is InChI=1S/C19H23N3O4/c20-12-15-3-5-17(6-4-15)26-14-18(23)22-7-1-2-16(13-22)19(24)21-8-10-25-11-9-21/h3-6,16H,1-2,7-11,13-14H2/t16-/m1/s1. The number of rotatable bonds is 4. The Bertz CT molecular complexity index is 677. The number of morpholine rings is 1. The van der Waals surface area contributed by atoms with Gasteiger partial charge in [0.2, 0.25) is 5.91 Å². The number of amides is 2. The quantitative estimate of drug-likeness (QED) is 0.804. The zero-order valence-corrected chi connectivity index (χ0v) is 14.7. The fourth-order valence-electron chi connectivity index (χ4n) is 3.31. The van der Waals surface area contributed by atoms with Crippen LogP contribution in [0.4, 0.5) is 0 Å². The van der Waals surface area contributed by atoms with Gasteiger partial charge in [-0.05, 0) is 37.1 Å². The van der Waals surface area contributed by atoms with Gasteiger partial charge in [0, 0.05) is 26.2 Å². The van der Waals surface area contributed by atoms with Gasteiger partial charge >= 0.3 is 0 Å². The Morgan fingerprint density at radius 1 is 1.15 bits per heavy atom. The van der Waals surface area contributed by atoms with Gasteiger partial charge in [-0.2, -0.15) is 5.26 Å². The molecule has 0 spiro atoms. The first-order chi connectivity index (χ1) is 12.7. The largest absolute Gasteiger partial charge is 0.484 e. The van der Waals surface area contributed by atoms with Gasteiger partial charge in [-0.1, -0.05) is 0 Å². The van der Waals surface area contributed by atoms with Gasteiger partial charge < -0.3 is 19.3 Å². The molecule has 0 aliphatic carbocycles. The molecule has 1 aromatic carbocycles. The van der Waals surface area contributed by atoms with Crippen molar-refractivity contribution in [2.24, 2.45) is 5.92 Å². The van der Waals surface area contributed by atoms with Crippen LogP contribution in [0.15, 0.2) is 24.3 Å². The zero-order chi connectivity index (χ0) is 18.4. The number of hydrogen-bond donors (Lipinski definition) is 0. The van der Waals surface area contributed by atoms with Crippen LogP contribution in [0.5, 0.6) is 5.75 Å². The summed E-state index contributed by atoms with van der Waals surface area (Å²) in [4.78, 5) is 28.6. The first kappa shape index (κ1) is 18.2. The topological polar surface area (TPSA) is 82.9 Å². The second kappa shape index (κ2) is 8.68. The predicted octanol–water partition coefficient (Wildman–Crippen LogP) is 1.03. The van der Waals surface area contributed by atoms with E-state index in [2.05, 4.69) is 0 Å². The fourth-order valence-corrected chi connectivity index (χ4v) is 3.31. The molecule has 26 heavy (non-hydrogen) atoms. The Labute approximate surface area is 153 Å². The molecule has 7 heteroatoms. The molecule has 2 fully saturated rings. The van der Waals surface area contributed by atoms with E-state index in [1.54, 1.807) is 29.2 Å². The average Bonchev–Trinajstić information content (AvgIpc) is 2.72. The molecule has 2 aliphatic rings. The smallest absolute Gasteiger partial charge is 0.260 e. The molecule has 138 valence electrons. The van der Waals surface area contributed by atoms with E-state index in [-0.39, 0.29) is 24.3 Å². The summed E-state index contributed by atoms with van der Waals surface area (Å²) in [5, 5.41) is 8.79. The van der Waals surface area contributed by atoms with E-state index in [0.29, 0.717) is 50.7 Å². The molecular formula is C19H23N3O4. The van der Waals surface area contributed by atoms with E-state index in [1.165, 1.54) is 0 Å². The van der Waals surface area contributed by atoms with Crippen molar-refractivity contribution >= 4 is 11.8 Å². The molecule has 1 atom stereocenters. The highest BCUT2D eigenvalue weighted by Gasteiger charge is 2.31. The Morgan fingerprint density at radius 3 is 2.58 bits per heavy atom. The minimum absolute atomic E-state index is 0.0651. The molecule has 3 rings (SSSR count). The summed E-state index contributed by atoms with van der Waals surface area (Å²) < 4.78 is 10.8. The van der Waals surface area contributed by atoms with Crippen molar-refractivity contribution in [1.29, 1.82) is 5.26 Å². The fraction of sp³-hybridized carbons (Fsp3) is 0.526.